The molecule has 1 aromatic carbocycles. The second kappa shape index (κ2) is 5.58. The van der Waals surface area contributed by atoms with E-state index in [4.69, 9.17) is 0 Å². The van der Waals surface area contributed by atoms with E-state index in [1.54, 1.807) is 6.07 Å². The highest BCUT2D eigenvalue weighted by Gasteiger charge is 2.42. The Morgan fingerprint density at radius 3 is 2.57 bits per heavy atom. The number of halogens is 1. The summed E-state index contributed by atoms with van der Waals surface area (Å²) in [4.78, 5) is 24.1. The Hall–Kier alpha value is -1.71. The zero-order valence-electron chi connectivity index (χ0n) is 12.2. The first-order valence-corrected chi connectivity index (χ1v) is 7.66. The highest BCUT2D eigenvalue weighted by Crippen LogP contribution is 2.43. The van der Waals surface area contributed by atoms with Crippen molar-refractivity contribution in [3.05, 3.63) is 35.1 Å². The maximum atomic E-state index is 13.3. The van der Waals surface area contributed by atoms with Crippen LogP contribution < -0.4 is 5.32 Å². The van der Waals surface area contributed by atoms with Crippen molar-refractivity contribution >= 4 is 11.8 Å². The number of amides is 2. The molecule has 1 aliphatic heterocycles. The van der Waals surface area contributed by atoms with Gasteiger partial charge in [-0.25, -0.2) is 4.39 Å². The summed E-state index contributed by atoms with van der Waals surface area (Å²) in [6.45, 7) is 1.85. The van der Waals surface area contributed by atoms with Gasteiger partial charge in [0.25, 0.3) is 0 Å². The van der Waals surface area contributed by atoms with Gasteiger partial charge in [-0.05, 0) is 48.9 Å². The maximum absolute atomic E-state index is 13.3. The van der Waals surface area contributed by atoms with Gasteiger partial charge in [0, 0.05) is 18.3 Å². The molecule has 1 aromatic rings. The molecule has 1 aliphatic carbocycles. The molecule has 1 heterocycles. The summed E-state index contributed by atoms with van der Waals surface area (Å²) < 4.78 is 13.3. The monoisotopic (exact) mass is 289 g/mol. The van der Waals surface area contributed by atoms with Crippen LogP contribution in [0.25, 0.3) is 0 Å². The summed E-state index contributed by atoms with van der Waals surface area (Å²) in [6, 6.07) is 4.65. The summed E-state index contributed by atoms with van der Waals surface area (Å²) >= 11 is 0. The van der Waals surface area contributed by atoms with E-state index in [1.165, 1.54) is 12.1 Å². The van der Waals surface area contributed by atoms with Crippen LogP contribution in [0.1, 0.15) is 49.1 Å². The van der Waals surface area contributed by atoms with Gasteiger partial charge in [0.05, 0.1) is 0 Å². The average molecular weight is 289 g/mol. The third-order valence-electron chi connectivity index (χ3n) is 4.94. The number of carbonyl (C=O) groups excluding carboxylic acids is 2. The molecule has 2 unspecified atom stereocenters. The number of carbonyl (C=O) groups is 2. The largest absolute Gasteiger partial charge is 0.296 e. The molecule has 0 spiro atoms. The van der Waals surface area contributed by atoms with Crippen LogP contribution in [0.5, 0.6) is 0 Å². The molecule has 112 valence electrons. The Bertz CT molecular complexity index is 578. The third kappa shape index (κ3) is 2.71. The number of piperidine rings is 1. The van der Waals surface area contributed by atoms with Gasteiger partial charge in [-0.2, -0.15) is 0 Å². The van der Waals surface area contributed by atoms with E-state index in [0.717, 1.165) is 36.8 Å². The Labute approximate surface area is 123 Å². The summed E-state index contributed by atoms with van der Waals surface area (Å²) in [5.41, 5.74) is 1.77. The molecule has 0 radical (unpaired) electrons. The quantitative estimate of drug-likeness (QED) is 0.850. The SMILES string of the molecule is Cc1cc(F)ccc1C1CC(=O)NC(=O)C1C1CCCC1. The molecule has 2 aliphatic rings. The summed E-state index contributed by atoms with van der Waals surface area (Å²) in [5, 5.41) is 2.48. The Morgan fingerprint density at radius 1 is 1.19 bits per heavy atom. The molecule has 2 atom stereocenters. The van der Waals surface area contributed by atoms with Crippen LogP contribution in [-0.4, -0.2) is 11.8 Å². The molecule has 0 bridgehead atoms. The van der Waals surface area contributed by atoms with Gasteiger partial charge in [0.1, 0.15) is 5.82 Å². The van der Waals surface area contributed by atoms with Gasteiger partial charge in [0.2, 0.25) is 11.8 Å². The molecule has 1 N–H and O–H groups in total. The molecule has 2 amide bonds. The highest BCUT2D eigenvalue weighted by molar-refractivity contribution is 6.00. The molecule has 4 heteroatoms. The number of imide groups is 1. The predicted molar refractivity (Wildman–Crippen MR) is 77.1 cm³/mol. The normalized spacial score (nSPS) is 27.0. The van der Waals surface area contributed by atoms with Crippen molar-refractivity contribution in [2.24, 2.45) is 11.8 Å². The Balaban J connectivity index is 1.98. The fourth-order valence-corrected chi connectivity index (χ4v) is 4.00. The summed E-state index contributed by atoms with van der Waals surface area (Å²) in [7, 11) is 0. The van der Waals surface area contributed by atoms with Gasteiger partial charge >= 0.3 is 0 Å². The van der Waals surface area contributed by atoms with Gasteiger partial charge in [0.15, 0.2) is 0 Å². The third-order valence-corrected chi connectivity index (χ3v) is 4.94. The van der Waals surface area contributed by atoms with E-state index < -0.39 is 0 Å². The molecule has 0 aromatic heterocycles. The van der Waals surface area contributed by atoms with Gasteiger partial charge in [-0.15, -0.1) is 0 Å². The minimum Gasteiger partial charge on any atom is -0.296 e. The lowest BCUT2D eigenvalue weighted by Crippen LogP contribution is -2.47. The van der Waals surface area contributed by atoms with Crippen molar-refractivity contribution in [3.63, 3.8) is 0 Å². The lowest BCUT2D eigenvalue weighted by atomic mass is 9.72. The summed E-state index contributed by atoms with van der Waals surface area (Å²) in [6.07, 6.45) is 4.71. The molecular weight excluding hydrogens is 269 g/mol. The van der Waals surface area contributed by atoms with Crippen molar-refractivity contribution in [2.45, 2.75) is 44.9 Å². The second-order valence-corrected chi connectivity index (χ2v) is 6.29. The van der Waals surface area contributed by atoms with E-state index in [1.807, 2.05) is 6.92 Å². The molecule has 3 rings (SSSR count). The van der Waals surface area contributed by atoms with Crippen LogP contribution in [0, 0.1) is 24.6 Å². The first-order valence-electron chi connectivity index (χ1n) is 7.66. The van der Waals surface area contributed by atoms with E-state index in [9.17, 15) is 14.0 Å². The van der Waals surface area contributed by atoms with Crippen molar-refractivity contribution < 1.29 is 14.0 Å². The van der Waals surface area contributed by atoms with Crippen LogP contribution in [0.15, 0.2) is 18.2 Å². The topological polar surface area (TPSA) is 46.2 Å². The molecule has 3 nitrogen and oxygen atoms in total. The Kier molecular flexibility index (Phi) is 3.79. The average Bonchev–Trinajstić information content (AvgIpc) is 2.91. The van der Waals surface area contributed by atoms with Crippen molar-refractivity contribution in [1.29, 1.82) is 0 Å². The number of hydrogen-bond acceptors (Lipinski definition) is 2. The minimum absolute atomic E-state index is 0.116. The maximum Gasteiger partial charge on any atom is 0.230 e. The lowest BCUT2D eigenvalue weighted by Gasteiger charge is -2.35. The number of benzene rings is 1. The fraction of sp³-hybridized carbons (Fsp3) is 0.529. The van der Waals surface area contributed by atoms with Crippen molar-refractivity contribution in [2.75, 3.05) is 0 Å². The zero-order valence-corrected chi connectivity index (χ0v) is 12.2. The van der Waals surface area contributed by atoms with Gasteiger partial charge in [-0.3, -0.25) is 14.9 Å². The van der Waals surface area contributed by atoms with Crippen LogP contribution in [0.4, 0.5) is 4.39 Å². The standard InChI is InChI=1S/C17H20FNO2/c1-10-8-12(18)6-7-13(10)14-9-15(20)19-17(21)16(14)11-4-2-3-5-11/h6-8,11,14,16H,2-5,9H2,1H3,(H,19,20,21). The first-order chi connectivity index (χ1) is 10.1. The predicted octanol–water partition coefficient (Wildman–Crippen LogP) is 3.07. The van der Waals surface area contributed by atoms with Crippen molar-refractivity contribution in [1.82, 2.24) is 5.32 Å². The number of hydrogen-bond donors (Lipinski definition) is 1. The van der Waals surface area contributed by atoms with Crippen LogP contribution in [0.2, 0.25) is 0 Å². The van der Waals surface area contributed by atoms with E-state index in [-0.39, 0.29) is 29.5 Å². The van der Waals surface area contributed by atoms with E-state index in [0.29, 0.717) is 12.3 Å². The van der Waals surface area contributed by atoms with Crippen LogP contribution in [-0.2, 0) is 9.59 Å². The van der Waals surface area contributed by atoms with Gasteiger partial charge < -0.3 is 0 Å². The van der Waals surface area contributed by atoms with E-state index >= 15 is 0 Å². The molecule has 2 fully saturated rings. The number of rotatable bonds is 2. The Morgan fingerprint density at radius 2 is 1.90 bits per heavy atom. The number of nitrogens with one attached hydrogen (secondary N) is 1. The van der Waals surface area contributed by atoms with Crippen LogP contribution >= 0.6 is 0 Å². The van der Waals surface area contributed by atoms with E-state index in [2.05, 4.69) is 5.32 Å². The lowest BCUT2D eigenvalue weighted by molar-refractivity contribution is -0.138. The first kappa shape index (κ1) is 14.2. The molecule has 1 saturated heterocycles. The highest BCUT2D eigenvalue weighted by atomic mass is 19.1. The molecule has 1 saturated carbocycles. The smallest absolute Gasteiger partial charge is 0.230 e. The van der Waals surface area contributed by atoms with Crippen LogP contribution in [0.3, 0.4) is 0 Å². The summed E-state index contributed by atoms with van der Waals surface area (Å²) in [5.74, 6) is -0.577. The molecular formula is C17H20FNO2. The minimum atomic E-state index is -0.278. The fourth-order valence-electron chi connectivity index (χ4n) is 4.00. The zero-order chi connectivity index (χ0) is 15.0. The van der Waals surface area contributed by atoms with Crippen molar-refractivity contribution in [3.8, 4) is 0 Å². The second-order valence-electron chi connectivity index (χ2n) is 6.29. The molecule has 21 heavy (non-hydrogen) atoms. The number of aryl methyl sites for hydroxylation is 1. The van der Waals surface area contributed by atoms with Gasteiger partial charge in [-0.1, -0.05) is 18.9 Å².